The molecule has 88 valence electrons. The lowest BCUT2D eigenvalue weighted by Crippen LogP contribution is -2.04. The highest BCUT2D eigenvalue weighted by molar-refractivity contribution is 6.28. The molecule has 0 bridgehead atoms. The third-order valence-electron chi connectivity index (χ3n) is 2.01. The SMILES string of the molecule is COc1nnc(-c2ccc(Cl)o2)cc1C(=O)O. The molecule has 17 heavy (non-hydrogen) atoms. The molecule has 7 heteroatoms. The molecule has 0 spiro atoms. The summed E-state index contributed by atoms with van der Waals surface area (Å²) in [6.45, 7) is 0. The van der Waals surface area contributed by atoms with E-state index in [1.54, 1.807) is 6.07 Å². The lowest BCUT2D eigenvalue weighted by molar-refractivity contribution is 0.0692. The van der Waals surface area contributed by atoms with Gasteiger partial charge < -0.3 is 14.3 Å². The molecule has 0 amide bonds. The maximum absolute atomic E-state index is 11.0. The Hall–Kier alpha value is -2.08. The third-order valence-corrected chi connectivity index (χ3v) is 2.21. The van der Waals surface area contributed by atoms with Crippen molar-refractivity contribution in [2.75, 3.05) is 7.11 Å². The monoisotopic (exact) mass is 254 g/mol. The molecule has 1 N–H and O–H groups in total. The van der Waals surface area contributed by atoms with Crippen LogP contribution < -0.4 is 4.74 Å². The number of methoxy groups -OCH3 is 1. The van der Waals surface area contributed by atoms with Crippen molar-refractivity contribution in [1.82, 2.24) is 10.2 Å². The summed E-state index contributed by atoms with van der Waals surface area (Å²) in [5.74, 6) is -0.873. The van der Waals surface area contributed by atoms with Crippen LogP contribution in [-0.2, 0) is 0 Å². The molecule has 6 nitrogen and oxygen atoms in total. The van der Waals surface area contributed by atoms with Gasteiger partial charge in [-0.2, -0.15) is 0 Å². The molecule has 0 aliphatic rings. The summed E-state index contributed by atoms with van der Waals surface area (Å²) in [5, 5.41) is 16.6. The summed E-state index contributed by atoms with van der Waals surface area (Å²) >= 11 is 5.62. The number of aromatic carboxylic acids is 1. The van der Waals surface area contributed by atoms with E-state index in [4.69, 9.17) is 25.9 Å². The van der Waals surface area contributed by atoms with Gasteiger partial charge in [0.25, 0.3) is 0 Å². The Labute approximate surface area is 101 Å². The van der Waals surface area contributed by atoms with Gasteiger partial charge in [0.1, 0.15) is 11.3 Å². The summed E-state index contributed by atoms with van der Waals surface area (Å²) in [6.07, 6.45) is 0. The molecule has 0 aromatic carbocycles. The van der Waals surface area contributed by atoms with Gasteiger partial charge in [0.15, 0.2) is 11.0 Å². The third kappa shape index (κ3) is 2.21. The number of hydrogen-bond donors (Lipinski definition) is 1. The van der Waals surface area contributed by atoms with Crippen LogP contribution in [0.2, 0.25) is 5.22 Å². The lowest BCUT2D eigenvalue weighted by atomic mass is 10.2. The molecule has 0 radical (unpaired) electrons. The van der Waals surface area contributed by atoms with Gasteiger partial charge in [0.2, 0.25) is 5.88 Å². The Morgan fingerprint density at radius 1 is 1.47 bits per heavy atom. The summed E-state index contributed by atoms with van der Waals surface area (Å²) in [4.78, 5) is 11.0. The van der Waals surface area contributed by atoms with Crippen molar-refractivity contribution in [3.63, 3.8) is 0 Å². The highest BCUT2D eigenvalue weighted by atomic mass is 35.5. The number of carboxylic acids is 1. The van der Waals surface area contributed by atoms with Crippen LogP contribution >= 0.6 is 11.6 Å². The largest absolute Gasteiger partial charge is 0.479 e. The van der Waals surface area contributed by atoms with Crippen LogP contribution in [0.3, 0.4) is 0 Å². The molecule has 2 aromatic heterocycles. The maximum Gasteiger partial charge on any atom is 0.341 e. The van der Waals surface area contributed by atoms with Crippen molar-refractivity contribution in [2.24, 2.45) is 0 Å². The highest BCUT2D eigenvalue weighted by Gasteiger charge is 2.16. The Bertz CT molecular complexity index is 567. The summed E-state index contributed by atoms with van der Waals surface area (Å²) in [6, 6.07) is 4.41. The fourth-order valence-corrected chi connectivity index (χ4v) is 1.40. The number of carbonyl (C=O) groups is 1. The van der Waals surface area contributed by atoms with Crippen molar-refractivity contribution < 1.29 is 19.1 Å². The van der Waals surface area contributed by atoms with Gasteiger partial charge in [-0.15, -0.1) is 10.2 Å². The van der Waals surface area contributed by atoms with Gasteiger partial charge in [0, 0.05) is 0 Å². The molecule has 0 saturated carbocycles. The molecule has 0 aliphatic carbocycles. The number of rotatable bonds is 3. The van der Waals surface area contributed by atoms with E-state index in [1.807, 2.05) is 0 Å². The standard InChI is InChI=1S/C10H7ClN2O4/c1-16-9-5(10(14)15)4-6(12-13-9)7-2-3-8(11)17-7/h2-4H,1H3,(H,14,15). The van der Waals surface area contributed by atoms with Crippen LogP contribution in [0.15, 0.2) is 22.6 Å². The number of halogens is 1. The average Bonchev–Trinajstić information content (AvgIpc) is 2.75. The lowest BCUT2D eigenvalue weighted by Gasteiger charge is -2.03. The van der Waals surface area contributed by atoms with Gasteiger partial charge in [0.05, 0.1) is 7.11 Å². The minimum absolute atomic E-state index is 0.0566. The van der Waals surface area contributed by atoms with Crippen molar-refractivity contribution in [1.29, 1.82) is 0 Å². The van der Waals surface area contributed by atoms with Crippen LogP contribution in [0.4, 0.5) is 0 Å². The minimum atomic E-state index is -1.16. The van der Waals surface area contributed by atoms with Crippen LogP contribution in [0, 0.1) is 0 Å². The minimum Gasteiger partial charge on any atom is -0.479 e. The molecule has 0 unspecified atom stereocenters. The van der Waals surface area contributed by atoms with Crippen molar-refractivity contribution in [2.45, 2.75) is 0 Å². The van der Waals surface area contributed by atoms with Crippen molar-refractivity contribution in [3.05, 3.63) is 29.0 Å². The van der Waals surface area contributed by atoms with E-state index in [0.717, 1.165) is 0 Å². The number of nitrogens with zero attached hydrogens (tertiary/aromatic N) is 2. The zero-order chi connectivity index (χ0) is 12.4. The van der Waals surface area contributed by atoms with E-state index < -0.39 is 5.97 Å². The number of furan rings is 1. The smallest absolute Gasteiger partial charge is 0.341 e. The topological polar surface area (TPSA) is 85.5 Å². The first-order valence-corrected chi connectivity index (χ1v) is 4.90. The number of ether oxygens (including phenoxy) is 1. The number of aromatic nitrogens is 2. The molecule has 0 fully saturated rings. The molecule has 0 saturated heterocycles. The Morgan fingerprint density at radius 3 is 2.76 bits per heavy atom. The molecule has 0 aliphatic heterocycles. The van der Waals surface area contributed by atoms with Gasteiger partial charge in [-0.25, -0.2) is 4.79 Å². The van der Waals surface area contributed by atoms with Crippen LogP contribution in [0.5, 0.6) is 5.88 Å². The van der Waals surface area contributed by atoms with Gasteiger partial charge >= 0.3 is 5.97 Å². The van der Waals surface area contributed by atoms with Crippen LogP contribution in [-0.4, -0.2) is 28.4 Å². The Morgan fingerprint density at radius 2 is 2.24 bits per heavy atom. The molecular formula is C10H7ClN2O4. The quantitative estimate of drug-likeness (QED) is 0.903. The second-order valence-electron chi connectivity index (χ2n) is 3.06. The summed E-state index contributed by atoms with van der Waals surface area (Å²) < 4.78 is 9.90. The molecule has 2 aromatic rings. The van der Waals surface area contributed by atoms with E-state index in [-0.39, 0.29) is 22.4 Å². The van der Waals surface area contributed by atoms with Gasteiger partial charge in [-0.05, 0) is 29.8 Å². The van der Waals surface area contributed by atoms with Crippen molar-refractivity contribution >= 4 is 17.6 Å². The first-order valence-electron chi connectivity index (χ1n) is 4.52. The Kier molecular flexibility index (Phi) is 2.97. The normalized spacial score (nSPS) is 10.2. The van der Waals surface area contributed by atoms with E-state index in [2.05, 4.69) is 10.2 Å². The highest BCUT2D eigenvalue weighted by Crippen LogP contribution is 2.25. The summed E-state index contributed by atoms with van der Waals surface area (Å²) in [5.41, 5.74) is 0.181. The van der Waals surface area contributed by atoms with Gasteiger partial charge in [-0.1, -0.05) is 0 Å². The second-order valence-corrected chi connectivity index (χ2v) is 3.43. The number of carboxylic acid groups (broad SMARTS) is 1. The molecule has 0 atom stereocenters. The fraction of sp³-hybridized carbons (Fsp3) is 0.100. The van der Waals surface area contributed by atoms with E-state index in [1.165, 1.54) is 19.2 Å². The first-order chi connectivity index (χ1) is 8.11. The molecule has 2 heterocycles. The predicted octanol–water partition coefficient (Wildman–Crippen LogP) is 2.10. The van der Waals surface area contributed by atoms with E-state index in [0.29, 0.717) is 5.76 Å². The first kappa shape index (κ1) is 11.4. The van der Waals surface area contributed by atoms with Gasteiger partial charge in [-0.3, -0.25) is 0 Å². The van der Waals surface area contributed by atoms with Crippen LogP contribution in [0.1, 0.15) is 10.4 Å². The maximum atomic E-state index is 11.0. The zero-order valence-electron chi connectivity index (χ0n) is 8.68. The molecule has 2 rings (SSSR count). The molecular weight excluding hydrogens is 248 g/mol. The van der Waals surface area contributed by atoms with Crippen LogP contribution in [0.25, 0.3) is 11.5 Å². The number of hydrogen-bond acceptors (Lipinski definition) is 5. The van der Waals surface area contributed by atoms with E-state index >= 15 is 0 Å². The predicted molar refractivity (Wildman–Crippen MR) is 58.3 cm³/mol. The summed E-state index contributed by atoms with van der Waals surface area (Å²) in [7, 11) is 1.32. The zero-order valence-corrected chi connectivity index (χ0v) is 9.43. The Balaban J connectivity index is 2.50. The average molecular weight is 255 g/mol. The van der Waals surface area contributed by atoms with E-state index in [9.17, 15) is 4.79 Å². The van der Waals surface area contributed by atoms with Crippen molar-refractivity contribution in [3.8, 4) is 17.3 Å². The second kappa shape index (κ2) is 4.42. The fourth-order valence-electron chi connectivity index (χ4n) is 1.26.